The molecule has 9 nitrogen and oxygen atoms in total. The number of thioether (sulfide) groups is 1. The van der Waals surface area contributed by atoms with Crippen molar-refractivity contribution in [2.75, 3.05) is 19.3 Å². The molecule has 0 fully saturated rings. The van der Waals surface area contributed by atoms with E-state index in [9.17, 15) is 19.7 Å². The number of nitrogens with one attached hydrogen (secondary N) is 1. The predicted octanol–water partition coefficient (Wildman–Crippen LogP) is -0.213. The average molecular weight is 278 g/mol. The zero-order chi connectivity index (χ0) is 14.1. The van der Waals surface area contributed by atoms with E-state index in [0.29, 0.717) is 0 Å². The van der Waals surface area contributed by atoms with Gasteiger partial charge in [-0.2, -0.15) is 0 Å². The maximum absolute atomic E-state index is 10.8. The van der Waals surface area contributed by atoms with Gasteiger partial charge in [0.15, 0.2) is 0 Å². The fourth-order valence-electron chi connectivity index (χ4n) is 0.837. The number of nitrogens with zero attached hydrogens (tertiary/aromatic N) is 2. The summed E-state index contributed by atoms with van der Waals surface area (Å²) < 4.78 is 0. The summed E-state index contributed by atoms with van der Waals surface area (Å²) in [5, 5.41) is 16.2. The zero-order valence-corrected chi connectivity index (χ0v) is 10.7. The lowest BCUT2D eigenvalue weighted by Crippen LogP contribution is -2.23. The Morgan fingerprint density at radius 1 is 1.61 bits per heavy atom. The van der Waals surface area contributed by atoms with Gasteiger partial charge in [0.25, 0.3) is 0 Å². The number of amides is 2. The lowest BCUT2D eigenvalue weighted by Gasteiger charge is -2.08. The molecule has 0 bridgehead atoms. The number of oxime groups is 1. The van der Waals surface area contributed by atoms with Gasteiger partial charge in [-0.1, -0.05) is 16.9 Å². The van der Waals surface area contributed by atoms with Crippen LogP contribution in [0.4, 0.5) is 4.79 Å². The van der Waals surface area contributed by atoms with Crippen molar-refractivity contribution in [2.45, 2.75) is 6.92 Å². The highest BCUT2D eigenvalue weighted by atomic mass is 32.2. The molecule has 18 heavy (non-hydrogen) atoms. The van der Waals surface area contributed by atoms with Crippen molar-refractivity contribution < 1.29 is 19.3 Å². The molecule has 0 aromatic rings. The number of primary amides is 1. The van der Waals surface area contributed by atoms with Gasteiger partial charge in [-0.05, 0) is 6.92 Å². The first-order chi connectivity index (χ1) is 8.36. The molecule has 0 aliphatic heterocycles. The van der Waals surface area contributed by atoms with Crippen LogP contribution in [-0.2, 0) is 9.63 Å². The number of hydrogen-bond donors (Lipinski definition) is 2. The Bertz CT molecular complexity index is 359. The van der Waals surface area contributed by atoms with E-state index in [0.717, 1.165) is 11.8 Å². The third kappa shape index (κ3) is 7.44. The number of carbonyl (C=O) groups excluding carboxylic acids is 2. The molecule has 102 valence electrons. The maximum Gasteiger partial charge on any atom is 0.433 e. The molecule has 0 radical (unpaired) electrons. The second-order valence-electron chi connectivity index (χ2n) is 3.23. The van der Waals surface area contributed by atoms with Crippen molar-refractivity contribution in [1.82, 2.24) is 5.32 Å². The standard InChI is InChI=1S/C8H14N4O5S/c1-5(3-12(15)16)7(18-4-6(9)13)11-17-8(14)10-2/h5H,3-4H2,1-2H3,(H2,9,13)(H,10,14)/b11-7-. The summed E-state index contributed by atoms with van der Waals surface area (Å²) in [5.41, 5.74) is 4.96. The second kappa shape index (κ2) is 8.28. The van der Waals surface area contributed by atoms with Crippen LogP contribution in [0.2, 0.25) is 0 Å². The third-order valence-electron chi connectivity index (χ3n) is 1.63. The van der Waals surface area contributed by atoms with E-state index in [1.54, 1.807) is 0 Å². The molecular weight excluding hydrogens is 264 g/mol. The largest absolute Gasteiger partial charge is 0.433 e. The summed E-state index contributed by atoms with van der Waals surface area (Å²) in [5.74, 6) is -1.28. The van der Waals surface area contributed by atoms with Gasteiger partial charge in [0, 0.05) is 12.0 Å². The number of hydrogen-bond acceptors (Lipinski definition) is 7. The van der Waals surface area contributed by atoms with Crippen LogP contribution in [-0.4, -0.2) is 41.3 Å². The minimum Gasteiger partial charge on any atom is -0.369 e. The molecule has 0 saturated carbocycles. The van der Waals surface area contributed by atoms with Crippen molar-refractivity contribution in [3.8, 4) is 0 Å². The van der Waals surface area contributed by atoms with Gasteiger partial charge in [0.2, 0.25) is 12.5 Å². The molecule has 0 heterocycles. The molecule has 2 amide bonds. The number of carbonyl (C=O) groups is 2. The van der Waals surface area contributed by atoms with Crippen molar-refractivity contribution in [3.63, 3.8) is 0 Å². The Balaban J connectivity index is 4.63. The van der Waals surface area contributed by atoms with Gasteiger partial charge in [0.1, 0.15) is 5.04 Å². The Kier molecular flexibility index (Phi) is 7.43. The smallest absolute Gasteiger partial charge is 0.369 e. The van der Waals surface area contributed by atoms with Gasteiger partial charge in [-0.15, -0.1) is 0 Å². The Morgan fingerprint density at radius 3 is 2.67 bits per heavy atom. The predicted molar refractivity (Wildman–Crippen MR) is 65.7 cm³/mol. The van der Waals surface area contributed by atoms with Crippen LogP contribution in [0.1, 0.15) is 6.92 Å². The minimum atomic E-state index is -0.805. The first-order valence-corrected chi connectivity index (χ1v) is 5.84. The lowest BCUT2D eigenvalue weighted by atomic mass is 10.2. The molecular formula is C8H14N4O5S. The summed E-state index contributed by atoms with van der Waals surface area (Å²) in [6, 6.07) is 0. The van der Waals surface area contributed by atoms with E-state index < -0.39 is 22.8 Å². The van der Waals surface area contributed by atoms with E-state index in [1.165, 1.54) is 14.0 Å². The van der Waals surface area contributed by atoms with E-state index in [-0.39, 0.29) is 17.3 Å². The molecule has 0 aromatic heterocycles. The molecule has 3 N–H and O–H groups in total. The summed E-state index contributed by atoms with van der Waals surface area (Å²) in [4.78, 5) is 35.7. The van der Waals surface area contributed by atoms with Crippen LogP contribution in [0.5, 0.6) is 0 Å². The fraction of sp³-hybridized carbons (Fsp3) is 0.625. The lowest BCUT2D eigenvalue weighted by molar-refractivity contribution is -0.484. The van der Waals surface area contributed by atoms with Crippen LogP contribution in [0.25, 0.3) is 0 Å². The molecule has 0 aliphatic carbocycles. The van der Waals surface area contributed by atoms with Gasteiger partial charge in [-0.25, -0.2) is 4.79 Å². The van der Waals surface area contributed by atoms with Crippen LogP contribution in [0, 0.1) is 16.0 Å². The Hall–Kier alpha value is -1.84. The highest BCUT2D eigenvalue weighted by Crippen LogP contribution is 2.14. The fourth-order valence-corrected chi connectivity index (χ4v) is 1.58. The van der Waals surface area contributed by atoms with Crippen molar-refractivity contribution >= 4 is 28.8 Å². The molecule has 0 saturated heterocycles. The SMILES string of the molecule is CNC(=O)O/N=C(\SCC(N)=O)C(C)C[N+](=O)[O-]. The van der Waals surface area contributed by atoms with Gasteiger partial charge in [-0.3, -0.25) is 19.7 Å². The molecule has 10 heteroatoms. The Labute approximate surface area is 107 Å². The summed E-state index contributed by atoms with van der Waals surface area (Å²) in [7, 11) is 1.34. The molecule has 1 unspecified atom stereocenters. The van der Waals surface area contributed by atoms with Crippen LogP contribution in [0.15, 0.2) is 5.16 Å². The van der Waals surface area contributed by atoms with E-state index >= 15 is 0 Å². The monoisotopic (exact) mass is 278 g/mol. The van der Waals surface area contributed by atoms with Gasteiger partial charge >= 0.3 is 6.09 Å². The van der Waals surface area contributed by atoms with Crippen molar-refractivity contribution in [3.05, 3.63) is 10.1 Å². The summed E-state index contributed by atoms with van der Waals surface area (Å²) >= 11 is 0.898. The highest BCUT2D eigenvalue weighted by molar-refractivity contribution is 8.14. The number of nitrogens with two attached hydrogens (primary N) is 1. The van der Waals surface area contributed by atoms with Crippen LogP contribution >= 0.6 is 11.8 Å². The van der Waals surface area contributed by atoms with Crippen molar-refractivity contribution in [2.24, 2.45) is 16.8 Å². The van der Waals surface area contributed by atoms with E-state index in [2.05, 4.69) is 15.3 Å². The van der Waals surface area contributed by atoms with Crippen molar-refractivity contribution in [1.29, 1.82) is 0 Å². The van der Waals surface area contributed by atoms with E-state index in [4.69, 9.17) is 5.73 Å². The zero-order valence-electron chi connectivity index (χ0n) is 9.91. The quantitative estimate of drug-likeness (QED) is 0.227. The third-order valence-corrected chi connectivity index (χ3v) is 2.83. The molecule has 1 atom stereocenters. The van der Waals surface area contributed by atoms with E-state index in [1.807, 2.05) is 0 Å². The molecule has 0 spiro atoms. The van der Waals surface area contributed by atoms with Crippen LogP contribution < -0.4 is 11.1 Å². The normalized spacial score (nSPS) is 12.7. The first kappa shape index (κ1) is 16.2. The van der Waals surface area contributed by atoms with Crippen LogP contribution in [0.3, 0.4) is 0 Å². The number of rotatable bonds is 6. The topological polar surface area (TPSA) is 137 Å². The average Bonchev–Trinajstić information content (AvgIpc) is 2.27. The first-order valence-electron chi connectivity index (χ1n) is 4.86. The summed E-state index contributed by atoms with van der Waals surface area (Å²) in [6.07, 6.45) is -0.805. The minimum absolute atomic E-state index is 0.0992. The molecule has 0 aromatic carbocycles. The maximum atomic E-state index is 10.8. The highest BCUT2D eigenvalue weighted by Gasteiger charge is 2.19. The number of nitro groups is 1. The molecule has 0 aliphatic rings. The Morgan fingerprint density at radius 2 is 2.22 bits per heavy atom. The summed E-state index contributed by atoms with van der Waals surface area (Å²) in [6.45, 7) is 1.14. The van der Waals surface area contributed by atoms with Gasteiger partial charge < -0.3 is 11.1 Å². The second-order valence-corrected chi connectivity index (χ2v) is 4.23. The van der Waals surface area contributed by atoms with Gasteiger partial charge in [0.05, 0.1) is 11.7 Å². The molecule has 0 rings (SSSR count).